The Balaban J connectivity index is 2.90. The molecule has 0 amide bonds. The summed E-state index contributed by atoms with van der Waals surface area (Å²) in [5.41, 5.74) is -2.03. The minimum atomic E-state index is -4.72. The molecule has 2 nitrogen and oxygen atoms in total. The highest BCUT2D eigenvalue weighted by molar-refractivity contribution is 6.08. The molecule has 0 atom stereocenters. The number of carbonyl (C=O) groups is 1. The van der Waals surface area contributed by atoms with Crippen LogP contribution >= 0.6 is 0 Å². The molecule has 2 rings (SSSR count). The number of para-hydroxylation sites is 1. The molecule has 0 unspecified atom stereocenters. The van der Waals surface area contributed by atoms with Crippen LogP contribution in [0.4, 0.5) is 17.6 Å². The number of ketones is 1. The molecular formula is C11H7F4NO. The van der Waals surface area contributed by atoms with Crippen molar-refractivity contribution in [3.63, 3.8) is 0 Å². The van der Waals surface area contributed by atoms with Gasteiger partial charge in [-0.25, -0.2) is 4.39 Å². The van der Waals surface area contributed by atoms with E-state index >= 15 is 0 Å². The summed E-state index contributed by atoms with van der Waals surface area (Å²) in [4.78, 5) is 13.2. The molecule has 0 spiro atoms. The first kappa shape index (κ1) is 11.6. The largest absolute Gasteiger partial charge is 0.431 e. The van der Waals surface area contributed by atoms with E-state index in [1.54, 1.807) is 0 Å². The fourth-order valence-electron chi connectivity index (χ4n) is 1.76. The van der Waals surface area contributed by atoms with Gasteiger partial charge in [0.2, 0.25) is 0 Å². The Hall–Kier alpha value is -1.85. The van der Waals surface area contributed by atoms with E-state index in [1.807, 2.05) is 4.98 Å². The third kappa shape index (κ3) is 1.79. The number of halogens is 4. The van der Waals surface area contributed by atoms with Crippen LogP contribution in [0, 0.1) is 5.82 Å². The van der Waals surface area contributed by atoms with Crippen LogP contribution in [0.5, 0.6) is 0 Å². The Labute approximate surface area is 93.2 Å². The lowest BCUT2D eigenvalue weighted by Crippen LogP contribution is -2.10. The van der Waals surface area contributed by atoms with E-state index in [2.05, 4.69) is 0 Å². The second kappa shape index (κ2) is 3.58. The van der Waals surface area contributed by atoms with Crippen molar-refractivity contribution < 1.29 is 22.4 Å². The number of Topliss-reactive ketones (excluding diaryl/α,β-unsaturated/α-hetero) is 1. The van der Waals surface area contributed by atoms with E-state index in [0.29, 0.717) is 0 Å². The van der Waals surface area contributed by atoms with Gasteiger partial charge in [-0.05, 0) is 13.0 Å². The van der Waals surface area contributed by atoms with Crippen molar-refractivity contribution in [2.75, 3.05) is 0 Å². The molecule has 0 fully saturated rings. The number of hydrogen-bond donors (Lipinski definition) is 1. The van der Waals surface area contributed by atoms with Crippen LogP contribution in [0.25, 0.3) is 10.9 Å². The zero-order valence-corrected chi connectivity index (χ0v) is 8.65. The molecule has 0 radical (unpaired) electrons. The third-order valence-corrected chi connectivity index (χ3v) is 2.42. The maximum absolute atomic E-state index is 13.3. The lowest BCUT2D eigenvalue weighted by atomic mass is 10.1. The van der Waals surface area contributed by atoms with Gasteiger partial charge in [-0.2, -0.15) is 13.2 Å². The van der Waals surface area contributed by atoms with Gasteiger partial charge in [0.05, 0.1) is 11.1 Å². The average molecular weight is 245 g/mol. The van der Waals surface area contributed by atoms with Gasteiger partial charge in [0.25, 0.3) is 0 Å². The summed E-state index contributed by atoms with van der Waals surface area (Å²) in [7, 11) is 0. The molecule has 0 saturated carbocycles. The molecule has 1 N–H and O–H groups in total. The summed E-state index contributed by atoms with van der Waals surface area (Å²) in [6.45, 7) is 1.02. The van der Waals surface area contributed by atoms with Crippen molar-refractivity contribution in [3.8, 4) is 0 Å². The van der Waals surface area contributed by atoms with E-state index in [-0.39, 0.29) is 10.9 Å². The lowest BCUT2D eigenvalue weighted by molar-refractivity contribution is -0.140. The lowest BCUT2D eigenvalue weighted by Gasteiger charge is -2.05. The molecule has 1 heterocycles. The van der Waals surface area contributed by atoms with Crippen LogP contribution in [-0.4, -0.2) is 10.8 Å². The number of aromatic amines is 1. The molecular weight excluding hydrogens is 238 g/mol. The minimum absolute atomic E-state index is 0.0511. The molecule has 1 aromatic heterocycles. The fourth-order valence-corrected chi connectivity index (χ4v) is 1.76. The Kier molecular flexibility index (Phi) is 2.45. The monoisotopic (exact) mass is 245 g/mol. The van der Waals surface area contributed by atoms with Crippen LogP contribution in [-0.2, 0) is 6.18 Å². The molecule has 0 aliphatic rings. The van der Waals surface area contributed by atoms with Gasteiger partial charge in [0, 0.05) is 5.39 Å². The summed E-state index contributed by atoms with van der Waals surface area (Å²) >= 11 is 0. The Morgan fingerprint density at radius 1 is 1.29 bits per heavy atom. The normalized spacial score (nSPS) is 12.1. The summed E-state index contributed by atoms with van der Waals surface area (Å²) in [5.74, 6) is -1.57. The summed E-state index contributed by atoms with van der Waals surface area (Å²) in [6.07, 6.45) is -4.72. The van der Waals surface area contributed by atoms with E-state index in [4.69, 9.17) is 0 Å². The van der Waals surface area contributed by atoms with Crippen LogP contribution in [0.1, 0.15) is 23.0 Å². The van der Waals surface area contributed by atoms with Gasteiger partial charge < -0.3 is 4.98 Å². The van der Waals surface area contributed by atoms with Gasteiger partial charge in [-0.1, -0.05) is 12.1 Å². The van der Waals surface area contributed by atoms with Crippen LogP contribution in [0.3, 0.4) is 0 Å². The van der Waals surface area contributed by atoms with E-state index < -0.39 is 29.0 Å². The Morgan fingerprint density at radius 2 is 1.94 bits per heavy atom. The summed E-state index contributed by atoms with van der Waals surface area (Å²) in [6, 6.07) is 3.57. The zero-order valence-electron chi connectivity index (χ0n) is 8.65. The highest BCUT2D eigenvalue weighted by atomic mass is 19.4. The predicted molar refractivity (Wildman–Crippen MR) is 53.3 cm³/mol. The number of fused-ring (bicyclic) bond motifs is 1. The standard InChI is InChI=1S/C11H7F4NO/c1-5(17)8-6-3-2-4-7(12)9(6)16-10(8)11(13,14)15/h2-4,16H,1H3. The number of H-pyrrole nitrogens is 1. The van der Waals surface area contributed by atoms with Crippen LogP contribution < -0.4 is 0 Å². The van der Waals surface area contributed by atoms with E-state index in [0.717, 1.165) is 13.0 Å². The van der Waals surface area contributed by atoms with Crippen molar-refractivity contribution in [2.45, 2.75) is 13.1 Å². The molecule has 1 aromatic carbocycles. The minimum Gasteiger partial charge on any atom is -0.348 e. The van der Waals surface area contributed by atoms with E-state index in [1.165, 1.54) is 12.1 Å². The number of benzene rings is 1. The maximum atomic E-state index is 13.3. The van der Waals surface area contributed by atoms with E-state index in [9.17, 15) is 22.4 Å². The van der Waals surface area contributed by atoms with Crippen LogP contribution in [0.2, 0.25) is 0 Å². The van der Waals surface area contributed by atoms with Gasteiger partial charge >= 0.3 is 6.18 Å². The molecule has 0 saturated heterocycles. The molecule has 0 bridgehead atoms. The highest BCUT2D eigenvalue weighted by Gasteiger charge is 2.38. The summed E-state index contributed by atoms with van der Waals surface area (Å²) in [5, 5.41) is -0.0511. The quantitative estimate of drug-likeness (QED) is 0.605. The SMILES string of the molecule is CC(=O)c1c(C(F)(F)F)[nH]c2c(F)cccc12. The van der Waals surface area contributed by atoms with Crippen LogP contribution in [0.15, 0.2) is 18.2 Å². The molecule has 0 aliphatic heterocycles. The molecule has 2 aromatic rings. The number of rotatable bonds is 1. The first-order valence-corrected chi connectivity index (χ1v) is 4.70. The van der Waals surface area contributed by atoms with Crippen molar-refractivity contribution in [1.82, 2.24) is 4.98 Å². The predicted octanol–water partition coefficient (Wildman–Crippen LogP) is 3.53. The van der Waals surface area contributed by atoms with Crippen molar-refractivity contribution in [2.24, 2.45) is 0 Å². The molecule has 0 aliphatic carbocycles. The first-order valence-electron chi connectivity index (χ1n) is 4.70. The number of carbonyl (C=O) groups excluding carboxylic acids is 1. The Morgan fingerprint density at radius 3 is 2.47 bits per heavy atom. The maximum Gasteiger partial charge on any atom is 0.431 e. The third-order valence-electron chi connectivity index (χ3n) is 2.42. The van der Waals surface area contributed by atoms with Gasteiger partial charge in [-0.15, -0.1) is 0 Å². The highest BCUT2D eigenvalue weighted by Crippen LogP contribution is 2.36. The molecule has 6 heteroatoms. The number of nitrogens with one attached hydrogen (secondary N) is 1. The average Bonchev–Trinajstić information content (AvgIpc) is 2.57. The van der Waals surface area contributed by atoms with Gasteiger partial charge in [0.1, 0.15) is 11.5 Å². The van der Waals surface area contributed by atoms with Crippen molar-refractivity contribution >= 4 is 16.7 Å². The number of alkyl halides is 3. The first-order chi connectivity index (χ1) is 7.82. The second-order valence-corrected chi connectivity index (χ2v) is 3.59. The van der Waals surface area contributed by atoms with Gasteiger partial charge in [0.15, 0.2) is 5.78 Å². The Bertz CT molecular complexity index is 597. The zero-order chi connectivity index (χ0) is 12.8. The number of aromatic nitrogens is 1. The second-order valence-electron chi connectivity index (χ2n) is 3.59. The summed E-state index contributed by atoms with van der Waals surface area (Å²) < 4.78 is 51.3. The van der Waals surface area contributed by atoms with Crippen molar-refractivity contribution in [3.05, 3.63) is 35.3 Å². The van der Waals surface area contributed by atoms with Crippen molar-refractivity contribution in [1.29, 1.82) is 0 Å². The number of hydrogen-bond acceptors (Lipinski definition) is 1. The smallest absolute Gasteiger partial charge is 0.348 e. The fraction of sp³-hybridized carbons (Fsp3) is 0.182. The molecule has 17 heavy (non-hydrogen) atoms. The molecule has 90 valence electrons. The van der Waals surface area contributed by atoms with Gasteiger partial charge in [-0.3, -0.25) is 4.79 Å². The topological polar surface area (TPSA) is 32.9 Å².